The van der Waals surface area contributed by atoms with Gasteiger partial charge in [-0.15, -0.1) is 0 Å². The summed E-state index contributed by atoms with van der Waals surface area (Å²) >= 11 is 0. The van der Waals surface area contributed by atoms with E-state index in [1.165, 1.54) is 18.4 Å². The minimum absolute atomic E-state index is 0.0347. The molecule has 1 fully saturated rings. The number of hydrogen-bond acceptors (Lipinski definition) is 4. The summed E-state index contributed by atoms with van der Waals surface area (Å²) < 4.78 is 27.4. The van der Waals surface area contributed by atoms with Crippen molar-refractivity contribution in [2.45, 2.75) is 57.4 Å². The molecule has 0 saturated carbocycles. The highest BCUT2D eigenvalue weighted by molar-refractivity contribution is 7.88. The van der Waals surface area contributed by atoms with Crippen LogP contribution in [0.25, 0.3) is 5.57 Å². The number of anilines is 1. The molecule has 25 heavy (non-hydrogen) atoms. The highest BCUT2D eigenvalue weighted by Gasteiger charge is 2.30. The zero-order chi connectivity index (χ0) is 18.0. The summed E-state index contributed by atoms with van der Waals surface area (Å²) in [5.41, 5.74) is 9.97. The second-order valence-corrected chi connectivity index (χ2v) is 9.41. The molecule has 138 valence electrons. The number of rotatable bonds is 4. The SMILES string of the molecule is C[C@@H]1CN(S(=O)(=O)Cc2ccc(N)c(C3=CCCCC3)c2)C[C@H](C)N1. The number of nitrogens with two attached hydrogens (primary N) is 1. The largest absolute Gasteiger partial charge is 0.398 e. The van der Waals surface area contributed by atoms with Crippen molar-refractivity contribution in [3.8, 4) is 0 Å². The van der Waals surface area contributed by atoms with Gasteiger partial charge in [-0.3, -0.25) is 0 Å². The van der Waals surface area contributed by atoms with Gasteiger partial charge in [-0.1, -0.05) is 12.1 Å². The van der Waals surface area contributed by atoms with Crippen molar-refractivity contribution >= 4 is 21.3 Å². The Labute approximate surface area is 151 Å². The minimum atomic E-state index is -3.33. The Bertz CT molecular complexity index is 748. The van der Waals surface area contributed by atoms with Crippen LogP contribution in [0.2, 0.25) is 0 Å². The average molecular weight is 364 g/mol. The summed E-state index contributed by atoms with van der Waals surface area (Å²) in [4.78, 5) is 0. The van der Waals surface area contributed by atoms with Crippen LogP contribution in [-0.2, 0) is 15.8 Å². The van der Waals surface area contributed by atoms with Crippen LogP contribution in [0, 0.1) is 0 Å². The fraction of sp³-hybridized carbons (Fsp3) is 0.579. The maximum Gasteiger partial charge on any atom is 0.218 e. The molecule has 0 radical (unpaired) electrons. The van der Waals surface area contributed by atoms with Gasteiger partial charge in [0.15, 0.2) is 0 Å². The minimum Gasteiger partial charge on any atom is -0.398 e. The van der Waals surface area contributed by atoms with Crippen molar-refractivity contribution in [1.82, 2.24) is 9.62 Å². The van der Waals surface area contributed by atoms with Crippen molar-refractivity contribution in [1.29, 1.82) is 0 Å². The number of nitrogen functional groups attached to an aromatic ring is 1. The maximum atomic E-state index is 12.9. The smallest absolute Gasteiger partial charge is 0.218 e. The van der Waals surface area contributed by atoms with Gasteiger partial charge in [0.05, 0.1) is 5.75 Å². The lowest BCUT2D eigenvalue weighted by Gasteiger charge is -2.35. The second-order valence-electron chi connectivity index (χ2n) is 7.44. The first-order valence-electron chi connectivity index (χ1n) is 9.17. The van der Waals surface area contributed by atoms with Gasteiger partial charge < -0.3 is 11.1 Å². The Hall–Kier alpha value is -1.37. The normalized spacial score (nSPS) is 25.6. The number of piperazine rings is 1. The van der Waals surface area contributed by atoms with Gasteiger partial charge in [0.25, 0.3) is 0 Å². The molecule has 0 spiro atoms. The molecule has 1 aliphatic heterocycles. The van der Waals surface area contributed by atoms with Crippen molar-refractivity contribution < 1.29 is 8.42 Å². The van der Waals surface area contributed by atoms with Gasteiger partial charge in [-0.05, 0) is 62.8 Å². The fourth-order valence-electron chi connectivity index (χ4n) is 3.86. The second kappa shape index (κ2) is 7.48. The molecule has 2 aliphatic rings. The van der Waals surface area contributed by atoms with E-state index >= 15 is 0 Å². The van der Waals surface area contributed by atoms with E-state index in [4.69, 9.17) is 5.73 Å². The highest BCUT2D eigenvalue weighted by atomic mass is 32.2. The van der Waals surface area contributed by atoms with Gasteiger partial charge in [0, 0.05) is 36.4 Å². The number of hydrogen-bond donors (Lipinski definition) is 2. The van der Waals surface area contributed by atoms with Gasteiger partial charge in [-0.25, -0.2) is 8.42 Å². The molecule has 6 heteroatoms. The quantitative estimate of drug-likeness (QED) is 0.807. The van der Waals surface area contributed by atoms with Crippen LogP contribution in [0.1, 0.15) is 50.7 Å². The van der Waals surface area contributed by atoms with E-state index in [-0.39, 0.29) is 17.8 Å². The zero-order valence-corrected chi connectivity index (χ0v) is 16.0. The predicted octanol–water partition coefficient (Wildman–Crippen LogP) is 2.74. The molecule has 1 aromatic carbocycles. The van der Waals surface area contributed by atoms with Crippen LogP contribution in [0.5, 0.6) is 0 Å². The lowest BCUT2D eigenvalue weighted by Crippen LogP contribution is -2.55. The number of nitrogens with zero attached hydrogens (tertiary/aromatic N) is 1. The van der Waals surface area contributed by atoms with Crippen LogP contribution < -0.4 is 11.1 Å². The van der Waals surface area contributed by atoms with Gasteiger partial charge in [0.2, 0.25) is 10.0 Å². The highest BCUT2D eigenvalue weighted by Crippen LogP contribution is 2.31. The Morgan fingerprint density at radius 1 is 1.20 bits per heavy atom. The first kappa shape index (κ1) is 18.4. The Morgan fingerprint density at radius 2 is 1.92 bits per heavy atom. The number of nitrogens with one attached hydrogen (secondary N) is 1. The first-order chi connectivity index (χ1) is 11.8. The van der Waals surface area contributed by atoms with E-state index in [1.807, 2.05) is 32.0 Å². The summed E-state index contributed by atoms with van der Waals surface area (Å²) in [5.74, 6) is 0.0347. The van der Waals surface area contributed by atoms with Crippen LogP contribution in [0.4, 0.5) is 5.69 Å². The van der Waals surface area contributed by atoms with Gasteiger partial charge in [-0.2, -0.15) is 4.31 Å². The third-order valence-electron chi connectivity index (χ3n) is 5.02. The molecule has 0 bridgehead atoms. The molecule has 1 aliphatic carbocycles. The molecule has 3 N–H and O–H groups in total. The zero-order valence-electron chi connectivity index (χ0n) is 15.2. The molecule has 1 aromatic rings. The molecule has 3 rings (SSSR count). The molecule has 0 aromatic heterocycles. The number of sulfonamides is 1. The van der Waals surface area contributed by atoms with Crippen molar-refractivity contribution in [3.63, 3.8) is 0 Å². The lowest BCUT2D eigenvalue weighted by molar-refractivity contribution is 0.262. The van der Waals surface area contributed by atoms with E-state index in [0.29, 0.717) is 13.1 Å². The summed E-state index contributed by atoms with van der Waals surface area (Å²) in [7, 11) is -3.33. The van der Waals surface area contributed by atoms with Crippen molar-refractivity contribution in [2.24, 2.45) is 0 Å². The summed E-state index contributed by atoms with van der Waals surface area (Å²) in [6.07, 6.45) is 6.73. The molecular weight excluding hydrogens is 334 g/mol. The monoisotopic (exact) mass is 363 g/mol. The summed E-state index contributed by atoms with van der Waals surface area (Å²) in [6, 6.07) is 6.01. The van der Waals surface area contributed by atoms with Crippen molar-refractivity contribution in [3.05, 3.63) is 35.4 Å². The lowest BCUT2D eigenvalue weighted by atomic mass is 9.92. The molecule has 5 nitrogen and oxygen atoms in total. The maximum absolute atomic E-state index is 12.9. The topological polar surface area (TPSA) is 75.4 Å². The Morgan fingerprint density at radius 3 is 2.56 bits per heavy atom. The van der Waals surface area contributed by atoms with E-state index in [2.05, 4.69) is 11.4 Å². The standard InChI is InChI=1S/C19H29N3O2S/c1-14-11-22(12-15(2)21-14)25(23,24)13-16-8-9-19(20)18(10-16)17-6-4-3-5-7-17/h6,8-10,14-15,21H,3-5,7,11-13,20H2,1-2H3/t14-,15+. The summed E-state index contributed by atoms with van der Waals surface area (Å²) in [6.45, 7) is 5.10. The molecule has 1 heterocycles. The molecule has 0 amide bonds. The third kappa shape index (κ3) is 4.43. The van der Waals surface area contributed by atoms with Crippen LogP contribution in [0.3, 0.4) is 0 Å². The molecule has 1 saturated heterocycles. The van der Waals surface area contributed by atoms with E-state index in [9.17, 15) is 8.42 Å². The van der Waals surface area contributed by atoms with Crippen LogP contribution in [0.15, 0.2) is 24.3 Å². The van der Waals surface area contributed by atoms with Crippen LogP contribution >= 0.6 is 0 Å². The molecular formula is C19H29N3O2S. The average Bonchev–Trinajstić information content (AvgIpc) is 2.56. The Balaban J connectivity index is 1.81. The third-order valence-corrected chi connectivity index (χ3v) is 6.80. The van der Waals surface area contributed by atoms with E-state index in [1.54, 1.807) is 4.31 Å². The van der Waals surface area contributed by atoms with E-state index in [0.717, 1.165) is 29.7 Å². The number of allylic oxidation sites excluding steroid dienone is 2. The Kier molecular flexibility index (Phi) is 5.51. The fourth-order valence-corrected chi connectivity index (χ4v) is 5.54. The number of benzene rings is 1. The van der Waals surface area contributed by atoms with Crippen LogP contribution in [-0.4, -0.2) is 37.9 Å². The van der Waals surface area contributed by atoms with Gasteiger partial charge in [0.1, 0.15) is 0 Å². The van der Waals surface area contributed by atoms with E-state index < -0.39 is 10.0 Å². The van der Waals surface area contributed by atoms with Crippen molar-refractivity contribution in [2.75, 3.05) is 18.8 Å². The van der Waals surface area contributed by atoms with Gasteiger partial charge >= 0.3 is 0 Å². The predicted molar refractivity (Wildman–Crippen MR) is 104 cm³/mol. The molecule has 0 unspecified atom stereocenters. The first-order valence-corrected chi connectivity index (χ1v) is 10.8. The molecule has 2 atom stereocenters. The summed E-state index contributed by atoms with van der Waals surface area (Å²) in [5, 5.41) is 3.37.